The molecule has 2 aromatic carbocycles. The number of aromatic nitrogens is 2. The number of nitrogens with zero attached hydrogens (tertiary/aromatic N) is 5. The van der Waals surface area contributed by atoms with E-state index in [0.29, 0.717) is 18.7 Å². The lowest BCUT2D eigenvalue weighted by molar-refractivity contribution is -0.138. The van der Waals surface area contributed by atoms with Crippen molar-refractivity contribution in [2.75, 3.05) is 56.1 Å². The van der Waals surface area contributed by atoms with Crippen LogP contribution in [0, 0.1) is 0 Å². The van der Waals surface area contributed by atoms with Crippen molar-refractivity contribution in [2.24, 2.45) is 0 Å². The summed E-state index contributed by atoms with van der Waals surface area (Å²) in [5, 5.41) is 4.28. The number of rotatable bonds is 8. The van der Waals surface area contributed by atoms with E-state index in [1.54, 1.807) is 0 Å². The summed E-state index contributed by atoms with van der Waals surface area (Å²) in [6, 6.07) is 16.5. The van der Waals surface area contributed by atoms with Crippen LogP contribution in [0.15, 0.2) is 60.8 Å². The third-order valence-electron chi connectivity index (χ3n) is 5.82. The second-order valence-corrected chi connectivity index (χ2v) is 8.70. The molecule has 1 atom stereocenters. The Balaban J connectivity index is 1.58. The maximum Gasteiger partial charge on any atom is 0.421 e. The standard InChI is InChI=1S/C25H29F3N6O/c1-32(2)14-15-33(3)20-11-9-19(10-12-20)30-24-29-17-21(25(26,27)28)23(31-24)34-22(13-16-35-34)18-7-5-4-6-8-18/h4-12,17,22H,13-16H2,1-3H3,(H,29,30,31)/t22-/m0/s1. The summed E-state index contributed by atoms with van der Waals surface area (Å²) in [6.45, 7) is 2.08. The Kier molecular flexibility index (Phi) is 7.42. The average Bonchev–Trinajstić information content (AvgIpc) is 3.33. The number of alkyl halides is 3. The van der Waals surface area contributed by atoms with E-state index < -0.39 is 11.7 Å². The zero-order valence-corrected chi connectivity index (χ0v) is 20.0. The number of hydroxylamine groups is 1. The van der Waals surface area contributed by atoms with E-state index in [-0.39, 0.29) is 17.8 Å². The molecule has 7 nitrogen and oxygen atoms in total. The lowest BCUT2D eigenvalue weighted by Gasteiger charge is -2.26. The van der Waals surface area contributed by atoms with Crippen LogP contribution in [0.3, 0.4) is 0 Å². The van der Waals surface area contributed by atoms with Gasteiger partial charge in [0.25, 0.3) is 0 Å². The Morgan fingerprint density at radius 1 is 1.03 bits per heavy atom. The molecule has 1 aliphatic heterocycles. The summed E-state index contributed by atoms with van der Waals surface area (Å²) in [5.41, 5.74) is 1.62. The highest BCUT2D eigenvalue weighted by atomic mass is 19.4. The van der Waals surface area contributed by atoms with Gasteiger partial charge >= 0.3 is 6.18 Å². The molecule has 1 fully saturated rings. The number of benzene rings is 2. The highest BCUT2D eigenvalue weighted by Gasteiger charge is 2.40. The molecule has 0 bridgehead atoms. The van der Waals surface area contributed by atoms with Crippen molar-refractivity contribution >= 4 is 23.1 Å². The monoisotopic (exact) mass is 486 g/mol. The van der Waals surface area contributed by atoms with Gasteiger partial charge in [-0.2, -0.15) is 18.2 Å². The van der Waals surface area contributed by atoms with Gasteiger partial charge in [-0.15, -0.1) is 0 Å². The molecule has 2 heterocycles. The van der Waals surface area contributed by atoms with Crippen molar-refractivity contribution in [2.45, 2.75) is 18.6 Å². The van der Waals surface area contributed by atoms with Crippen molar-refractivity contribution in [3.05, 3.63) is 71.9 Å². The SMILES string of the molecule is CN(C)CCN(C)c1ccc(Nc2ncc(C(F)(F)F)c(N3OCC[C@H]3c3ccccc3)n2)cc1. The molecule has 1 aromatic heterocycles. The molecule has 3 aromatic rings. The maximum absolute atomic E-state index is 13.8. The molecule has 186 valence electrons. The molecule has 4 rings (SSSR count). The number of hydrogen-bond donors (Lipinski definition) is 1. The van der Waals surface area contributed by atoms with Crippen molar-refractivity contribution in [3.63, 3.8) is 0 Å². The smallest absolute Gasteiger partial charge is 0.373 e. The molecular formula is C25H29F3N6O. The van der Waals surface area contributed by atoms with Crippen LogP contribution in [0.5, 0.6) is 0 Å². The van der Waals surface area contributed by atoms with Crippen molar-refractivity contribution < 1.29 is 18.0 Å². The van der Waals surface area contributed by atoms with Crippen molar-refractivity contribution in [3.8, 4) is 0 Å². The van der Waals surface area contributed by atoms with Gasteiger partial charge in [0.15, 0.2) is 5.82 Å². The highest BCUT2D eigenvalue weighted by molar-refractivity contribution is 5.61. The highest BCUT2D eigenvalue weighted by Crippen LogP contribution is 2.41. The molecule has 10 heteroatoms. The number of hydrogen-bond acceptors (Lipinski definition) is 7. The fourth-order valence-electron chi connectivity index (χ4n) is 3.86. The Morgan fingerprint density at radius 3 is 2.40 bits per heavy atom. The topological polar surface area (TPSA) is 56.8 Å². The molecule has 1 aliphatic rings. The first-order valence-electron chi connectivity index (χ1n) is 11.4. The normalized spacial score (nSPS) is 16.1. The van der Waals surface area contributed by atoms with E-state index in [9.17, 15) is 13.2 Å². The molecule has 1 saturated heterocycles. The Bertz CT molecular complexity index is 1110. The van der Waals surface area contributed by atoms with Gasteiger partial charge in [0.05, 0.1) is 12.6 Å². The summed E-state index contributed by atoms with van der Waals surface area (Å²) in [4.78, 5) is 18.1. The van der Waals surface area contributed by atoms with Crippen LogP contribution < -0.4 is 15.3 Å². The fourth-order valence-corrected chi connectivity index (χ4v) is 3.86. The van der Waals surface area contributed by atoms with Gasteiger partial charge < -0.3 is 15.1 Å². The molecule has 0 aliphatic carbocycles. The van der Waals surface area contributed by atoms with Crippen LogP contribution in [-0.2, 0) is 11.0 Å². The predicted molar refractivity (Wildman–Crippen MR) is 131 cm³/mol. The third-order valence-corrected chi connectivity index (χ3v) is 5.82. The number of anilines is 4. The van der Waals surface area contributed by atoms with Crippen molar-refractivity contribution in [1.82, 2.24) is 14.9 Å². The van der Waals surface area contributed by atoms with E-state index >= 15 is 0 Å². The van der Waals surface area contributed by atoms with Gasteiger partial charge in [0.1, 0.15) is 5.56 Å². The number of nitrogens with one attached hydrogen (secondary N) is 1. The number of likely N-dealkylation sites (N-methyl/N-ethyl adjacent to an activating group) is 2. The summed E-state index contributed by atoms with van der Waals surface area (Å²) in [7, 11) is 6.05. The Morgan fingerprint density at radius 2 is 1.74 bits per heavy atom. The first-order valence-corrected chi connectivity index (χ1v) is 11.4. The zero-order valence-electron chi connectivity index (χ0n) is 20.0. The van der Waals surface area contributed by atoms with Crippen LogP contribution in [0.2, 0.25) is 0 Å². The van der Waals surface area contributed by atoms with Crippen LogP contribution in [0.4, 0.5) is 36.3 Å². The van der Waals surface area contributed by atoms with E-state index in [1.165, 1.54) is 5.06 Å². The van der Waals surface area contributed by atoms with Crippen LogP contribution in [-0.4, -0.2) is 55.7 Å². The second kappa shape index (κ2) is 10.5. The van der Waals surface area contributed by atoms with Gasteiger partial charge in [-0.25, -0.2) is 10.0 Å². The average molecular weight is 487 g/mol. The molecule has 0 unspecified atom stereocenters. The largest absolute Gasteiger partial charge is 0.421 e. The molecule has 0 radical (unpaired) electrons. The van der Waals surface area contributed by atoms with Gasteiger partial charge in [0, 0.05) is 44.1 Å². The Hall–Kier alpha value is -3.37. The van der Waals surface area contributed by atoms with Gasteiger partial charge in [-0.1, -0.05) is 30.3 Å². The van der Waals surface area contributed by atoms with E-state index in [1.807, 2.05) is 75.7 Å². The van der Waals surface area contributed by atoms with Gasteiger partial charge in [-0.3, -0.25) is 4.84 Å². The minimum Gasteiger partial charge on any atom is -0.373 e. The lowest BCUT2D eigenvalue weighted by Crippen LogP contribution is -2.28. The molecule has 0 spiro atoms. The summed E-state index contributed by atoms with van der Waals surface area (Å²) in [6.07, 6.45) is -3.27. The van der Waals surface area contributed by atoms with Crippen molar-refractivity contribution in [1.29, 1.82) is 0 Å². The third kappa shape index (κ3) is 6.01. The van der Waals surface area contributed by atoms with Crippen LogP contribution >= 0.6 is 0 Å². The number of halogens is 3. The second-order valence-electron chi connectivity index (χ2n) is 8.70. The summed E-state index contributed by atoms with van der Waals surface area (Å²) in [5.74, 6) is -0.245. The molecule has 0 saturated carbocycles. The molecule has 35 heavy (non-hydrogen) atoms. The predicted octanol–water partition coefficient (Wildman–Crippen LogP) is 5.12. The fraction of sp³-hybridized carbons (Fsp3) is 0.360. The Labute approximate surface area is 203 Å². The minimum absolute atomic E-state index is 0.0593. The summed E-state index contributed by atoms with van der Waals surface area (Å²) >= 11 is 0. The quantitative estimate of drug-likeness (QED) is 0.474. The van der Waals surface area contributed by atoms with Crippen LogP contribution in [0.1, 0.15) is 23.6 Å². The molecular weight excluding hydrogens is 457 g/mol. The molecule has 1 N–H and O–H groups in total. The van der Waals surface area contributed by atoms with E-state index in [2.05, 4.69) is 25.1 Å². The first-order chi connectivity index (χ1) is 16.7. The van der Waals surface area contributed by atoms with E-state index in [0.717, 1.165) is 30.5 Å². The van der Waals surface area contributed by atoms with Gasteiger partial charge in [-0.05, 0) is 43.9 Å². The minimum atomic E-state index is -4.63. The first kappa shape index (κ1) is 24.7. The lowest BCUT2D eigenvalue weighted by atomic mass is 10.0. The van der Waals surface area contributed by atoms with E-state index in [4.69, 9.17) is 4.84 Å². The summed E-state index contributed by atoms with van der Waals surface area (Å²) < 4.78 is 41.5. The van der Waals surface area contributed by atoms with Crippen LogP contribution in [0.25, 0.3) is 0 Å². The maximum atomic E-state index is 13.8. The van der Waals surface area contributed by atoms with Gasteiger partial charge in [0.2, 0.25) is 5.95 Å². The zero-order chi connectivity index (χ0) is 25.0. The molecule has 0 amide bonds.